The van der Waals surface area contributed by atoms with Gasteiger partial charge in [0, 0.05) is 31.9 Å². The van der Waals surface area contributed by atoms with Crippen LogP contribution < -0.4 is 0 Å². The van der Waals surface area contributed by atoms with E-state index < -0.39 is 0 Å². The Morgan fingerprint density at radius 2 is 2.36 bits per heavy atom. The molecule has 1 aliphatic heterocycles. The largest absolute Gasteiger partial charge is 0.338 e. The molecular formula is C10H15N3O. The van der Waals surface area contributed by atoms with Gasteiger partial charge in [-0.2, -0.15) is 0 Å². The molecule has 1 fully saturated rings. The molecule has 0 bridgehead atoms. The minimum atomic E-state index is 0.281. The molecular weight excluding hydrogens is 178 g/mol. The summed E-state index contributed by atoms with van der Waals surface area (Å²) in [5.41, 5.74) is 0. The molecule has 1 aliphatic rings. The van der Waals surface area contributed by atoms with Crippen LogP contribution in [0.1, 0.15) is 25.8 Å². The quantitative estimate of drug-likeness (QED) is 0.720. The summed E-state index contributed by atoms with van der Waals surface area (Å²) in [6.45, 7) is 3.72. The molecule has 0 saturated carbocycles. The lowest BCUT2D eigenvalue weighted by atomic mass is 10.1. The Morgan fingerprint density at radius 1 is 1.57 bits per heavy atom. The van der Waals surface area contributed by atoms with Crippen molar-refractivity contribution in [3.8, 4) is 0 Å². The van der Waals surface area contributed by atoms with Crippen LogP contribution in [0.4, 0.5) is 0 Å². The van der Waals surface area contributed by atoms with E-state index in [1.165, 1.54) is 0 Å². The second kappa shape index (κ2) is 3.82. The molecule has 4 heteroatoms. The van der Waals surface area contributed by atoms with Crippen molar-refractivity contribution in [2.24, 2.45) is 0 Å². The number of hydrogen-bond acceptors (Lipinski definition) is 2. The predicted octanol–water partition coefficient (Wildman–Crippen LogP) is 1.07. The van der Waals surface area contributed by atoms with E-state index in [2.05, 4.69) is 9.55 Å². The van der Waals surface area contributed by atoms with Gasteiger partial charge in [-0.1, -0.05) is 6.92 Å². The van der Waals surface area contributed by atoms with Gasteiger partial charge in [-0.15, -0.1) is 0 Å². The molecule has 1 aromatic rings. The molecule has 2 rings (SSSR count). The Labute approximate surface area is 83.5 Å². The van der Waals surface area contributed by atoms with Gasteiger partial charge in [-0.25, -0.2) is 4.98 Å². The first-order valence-corrected chi connectivity index (χ1v) is 5.06. The average Bonchev–Trinajstić information content (AvgIpc) is 2.54. The lowest BCUT2D eigenvalue weighted by molar-refractivity contribution is -0.136. The minimum Gasteiger partial charge on any atom is -0.338 e. The van der Waals surface area contributed by atoms with Gasteiger partial charge in [-0.05, 0) is 6.42 Å². The second-order valence-corrected chi connectivity index (χ2v) is 3.71. The van der Waals surface area contributed by atoms with E-state index in [1.54, 1.807) is 6.20 Å². The molecule has 0 radical (unpaired) electrons. The molecule has 0 unspecified atom stereocenters. The highest BCUT2D eigenvalue weighted by atomic mass is 16.2. The number of rotatable bonds is 3. The summed E-state index contributed by atoms with van der Waals surface area (Å²) in [7, 11) is 0. The van der Waals surface area contributed by atoms with Crippen molar-refractivity contribution in [1.29, 1.82) is 0 Å². The topological polar surface area (TPSA) is 38.1 Å². The molecule has 4 nitrogen and oxygen atoms in total. The van der Waals surface area contributed by atoms with E-state index in [1.807, 2.05) is 24.3 Å². The van der Waals surface area contributed by atoms with Crippen molar-refractivity contribution >= 4 is 5.91 Å². The van der Waals surface area contributed by atoms with Gasteiger partial charge in [0.1, 0.15) is 0 Å². The van der Waals surface area contributed by atoms with Gasteiger partial charge in [0.25, 0.3) is 0 Å². The van der Waals surface area contributed by atoms with Crippen molar-refractivity contribution in [2.75, 3.05) is 13.1 Å². The van der Waals surface area contributed by atoms with Crippen LogP contribution in [0, 0.1) is 0 Å². The number of carbonyl (C=O) groups excluding carboxylic acids is 1. The van der Waals surface area contributed by atoms with E-state index in [0.717, 1.165) is 19.5 Å². The molecule has 76 valence electrons. The molecule has 2 heterocycles. The second-order valence-electron chi connectivity index (χ2n) is 3.71. The van der Waals surface area contributed by atoms with Crippen molar-refractivity contribution in [1.82, 2.24) is 14.5 Å². The minimum absolute atomic E-state index is 0.281. The number of hydrogen-bond donors (Lipinski definition) is 0. The molecule has 14 heavy (non-hydrogen) atoms. The van der Waals surface area contributed by atoms with Gasteiger partial charge in [0.2, 0.25) is 5.91 Å². The van der Waals surface area contributed by atoms with Crippen LogP contribution >= 0.6 is 0 Å². The lowest BCUT2D eigenvalue weighted by Crippen LogP contribution is -2.50. The average molecular weight is 193 g/mol. The third-order valence-corrected chi connectivity index (χ3v) is 2.63. The summed E-state index contributed by atoms with van der Waals surface area (Å²) in [6.07, 6.45) is 7.15. The number of amides is 1. The Hall–Kier alpha value is -1.32. The van der Waals surface area contributed by atoms with Crippen LogP contribution in [0.5, 0.6) is 0 Å². The Morgan fingerprint density at radius 3 is 2.93 bits per heavy atom. The Bertz CT molecular complexity index is 301. The van der Waals surface area contributed by atoms with E-state index in [4.69, 9.17) is 0 Å². The maximum atomic E-state index is 11.4. The normalized spacial score (nSPS) is 16.8. The molecule has 0 atom stereocenters. The van der Waals surface area contributed by atoms with Crippen molar-refractivity contribution in [3.05, 3.63) is 18.7 Å². The van der Waals surface area contributed by atoms with Crippen LogP contribution in [-0.2, 0) is 4.79 Å². The summed E-state index contributed by atoms with van der Waals surface area (Å²) in [6, 6.07) is 0.443. The smallest absolute Gasteiger partial charge is 0.222 e. The first-order chi connectivity index (χ1) is 6.81. The Balaban J connectivity index is 1.82. The van der Waals surface area contributed by atoms with Crippen molar-refractivity contribution < 1.29 is 4.79 Å². The van der Waals surface area contributed by atoms with Crippen LogP contribution in [0.3, 0.4) is 0 Å². The van der Waals surface area contributed by atoms with Crippen LogP contribution in [0.2, 0.25) is 0 Å². The maximum absolute atomic E-state index is 11.4. The van der Waals surface area contributed by atoms with E-state index in [9.17, 15) is 4.79 Å². The highest BCUT2D eigenvalue weighted by Gasteiger charge is 2.30. The van der Waals surface area contributed by atoms with Gasteiger partial charge in [-0.3, -0.25) is 4.79 Å². The highest BCUT2D eigenvalue weighted by molar-refractivity contribution is 5.77. The zero-order chi connectivity index (χ0) is 9.97. The fourth-order valence-electron chi connectivity index (χ4n) is 1.70. The maximum Gasteiger partial charge on any atom is 0.222 e. The number of carbonyl (C=O) groups is 1. The molecule has 0 aromatic carbocycles. The monoisotopic (exact) mass is 193 g/mol. The zero-order valence-corrected chi connectivity index (χ0v) is 8.39. The zero-order valence-electron chi connectivity index (χ0n) is 8.39. The summed E-state index contributed by atoms with van der Waals surface area (Å²) < 4.78 is 2.07. The molecule has 0 spiro atoms. The summed E-state index contributed by atoms with van der Waals surface area (Å²) in [5.74, 6) is 0.281. The predicted molar refractivity (Wildman–Crippen MR) is 52.8 cm³/mol. The molecule has 1 saturated heterocycles. The third kappa shape index (κ3) is 1.64. The van der Waals surface area contributed by atoms with E-state index in [0.29, 0.717) is 12.5 Å². The van der Waals surface area contributed by atoms with E-state index in [-0.39, 0.29) is 5.91 Å². The van der Waals surface area contributed by atoms with Gasteiger partial charge < -0.3 is 9.47 Å². The first-order valence-electron chi connectivity index (χ1n) is 5.06. The third-order valence-electron chi connectivity index (χ3n) is 2.63. The number of nitrogens with zero attached hydrogens (tertiary/aromatic N) is 3. The SMILES string of the molecule is CCCC(=O)N1CC(n2ccnc2)C1. The summed E-state index contributed by atoms with van der Waals surface area (Å²) >= 11 is 0. The van der Waals surface area contributed by atoms with Crippen LogP contribution in [0.25, 0.3) is 0 Å². The van der Waals surface area contributed by atoms with E-state index >= 15 is 0 Å². The van der Waals surface area contributed by atoms with Gasteiger partial charge in [0.15, 0.2) is 0 Å². The molecule has 1 aromatic heterocycles. The van der Waals surface area contributed by atoms with Crippen molar-refractivity contribution in [3.63, 3.8) is 0 Å². The van der Waals surface area contributed by atoms with Crippen LogP contribution in [-0.4, -0.2) is 33.4 Å². The fourth-order valence-corrected chi connectivity index (χ4v) is 1.70. The molecule has 0 aliphatic carbocycles. The highest BCUT2D eigenvalue weighted by Crippen LogP contribution is 2.21. The number of imidazole rings is 1. The van der Waals surface area contributed by atoms with Gasteiger partial charge >= 0.3 is 0 Å². The fraction of sp³-hybridized carbons (Fsp3) is 0.600. The number of aromatic nitrogens is 2. The molecule has 0 N–H and O–H groups in total. The summed E-state index contributed by atoms with van der Waals surface area (Å²) in [5, 5.41) is 0. The standard InChI is InChI=1S/C10H15N3O/c1-2-3-10(14)13-6-9(7-13)12-5-4-11-8-12/h4-5,8-9H,2-3,6-7H2,1H3. The van der Waals surface area contributed by atoms with Crippen molar-refractivity contribution in [2.45, 2.75) is 25.8 Å². The van der Waals surface area contributed by atoms with Gasteiger partial charge in [0.05, 0.1) is 12.4 Å². The Kier molecular flexibility index (Phi) is 2.52. The summed E-state index contributed by atoms with van der Waals surface area (Å²) in [4.78, 5) is 17.3. The molecule has 1 amide bonds. The first kappa shape index (κ1) is 9.24. The lowest BCUT2D eigenvalue weighted by Gasteiger charge is -2.39. The number of likely N-dealkylation sites (tertiary alicyclic amines) is 1. The van der Waals surface area contributed by atoms with Crippen LogP contribution in [0.15, 0.2) is 18.7 Å².